The molecule has 0 unspecified atom stereocenters. The van der Waals surface area contributed by atoms with Gasteiger partial charge in [-0.1, -0.05) is 54.1 Å². The monoisotopic (exact) mass is 491 g/mol. The maximum atomic E-state index is 13.3. The van der Waals surface area contributed by atoms with Crippen LogP contribution in [0.25, 0.3) is 22.3 Å². The van der Waals surface area contributed by atoms with Crippen LogP contribution in [0.5, 0.6) is 11.5 Å². The van der Waals surface area contributed by atoms with Crippen LogP contribution in [-0.4, -0.2) is 42.2 Å². The number of hydrogen-bond acceptors (Lipinski definition) is 7. The van der Waals surface area contributed by atoms with Gasteiger partial charge in [-0.3, -0.25) is 4.79 Å². The summed E-state index contributed by atoms with van der Waals surface area (Å²) >= 11 is 6.42. The molecule has 0 bridgehead atoms. The zero-order chi connectivity index (χ0) is 24.9. The zero-order valence-electron chi connectivity index (χ0n) is 19.3. The summed E-state index contributed by atoms with van der Waals surface area (Å²) in [6.45, 7) is 1.54. The van der Waals surface area contributed by atoms with E-state index in [0.29, 0.717) is 28.0 Å². The molecule has 35 heavy (non-hydrogen) atoms. The second-order valence-corrected chi connectivity index (χ2v) is 7.90. The number of methoxy groups -OCH3 is 2. The minimum Gasteiger partial charge on any atom is -0.493 e. The summed E-state index contributed by atoms with van der Waals surface area (Å²) in [5.74, 6) is 0.335. The predicted octanol–water partition coefficient (Wildman–Crippen LogP) is 4.55. The molecule has 4 aromatic rings. The smallest absolute Gasteiger partial charge is 0.346 e. The average molecular weight is 492 g/mol. The summed E-state index contributed by atoms with van der Waals surface area (Å²) in [6.07, 6.45) is 0.591. The van der Waals surface area contributed by atoms with Gasteiger partial charge in [0.2, 0.25) is 0 Å². The van der Waals surface area contributed by atoms with Crippen molar-refractivity contribution in [2.45, 2.75) is 13.0 Å². The lowest BCUT2D eigenvalue weighted by molar-refractivity contribution is -0.147. The highest BCUT2D eigenvalue weighted by atomic mass is 35.5. The lowest BCUT2D eigenvalue weighted by atomic mass is 10.2. The van der Waals surface area contributed by atoms with Crippen LogP contribution >= 0.6 is 11.6 Å². The number of fused-ring (bicyclic) bond motifs is 1. The van der Waals surface area contributed by atoms with Gasteiger partial charge in [0.1, 0.15) is 0 Å². The number of carbonyl (C=O) groups is 1. The van der Waals surface area contributed by atoms with E-state index in [9.17, 15) is 9.59 Å². The molecule has 0 saturated carbocycles. The Labute approximate surface area is 206 Å². The van der Waals surface area contributed by atoms with Crippen LogP contribution in [0.1, 0.15) is 12.5 Å². The Morgan fingerprint density at radius 2 is 1.80 bits per heavy atom. The van der Waals surface area contributed by atoms with Crippen molar-refractivity contribution in [2.24, 2.45) is 5.10 Å². The number of ether oxygens (including phenoxy) is 3. The Morgan fingerprint density at radius 3 is 2.51 bits per heavy atom. The number of para-hydroxylation sites is 1. The highest BCUT2D eigenvalue weighted by molar-refractivity contribution is 6.32. The molecule has 0 spiro atoms. The lowest BCUT2D eigenvalue weighted by Gasteiger charge is -2.17. The Morgan fingerprint density at radius 1 is 1.09 bits per heavy atom. The van der Waals surface area contributed by atoms with Crippen LogP contribution in [0.15, 0.2) is 76.6 Å². The molecule has 178 valence electrons. The summed E-state index contributed by atoms with van der Waals surface area (Å²) in [7, 11) is 2.72. The molecule has 0 aliphatic heterocycles. The number of hydrogen-bond donors (Lipinski definition) is 0. The van der Waals surface area contributed by atoms with Gasteiger partial charge in [-0.2, -0.15) is 9.78 Å². The normalized spacial score (nSPS) is 12.0. The van der Waals surface area contributed by atoms with E-state index < -0.39 is 12.1 Å². The van der Waals surface area contributed by atoms with Crippen LogP contribution in [0.4, 0.5) is 0 Å². The number of nitrogens with zero attached hydrogens (tertiary/aromatic N) is 3. The molecule has 0 fully saturated rings. The van der Waals surface area contributed by atoms with E-state index in [1.54, 1.807) is 37.3 Å². The molecule has 1 atom stereocenters. The van der Waals surface area contributed by atoms with Crippen molar-refractivity contribution < 1.29 is 19.0 Å². The van der Waals surface area contributed by atoms with E-state index >= 15 is 0 Å². The second-order valence-electron chi connectivity index (χ2n) is 7.50. The van der Waals surface area contributed by atoms with Gasteiger partial charge >= 0.3 is 5.97 Å². The maximum absolute atomic E-state index is 13.3. The molecule has 1 aromatic heterocycles. The van der Waals surface area contributed by atoms with E-state index in [4.69, 9.17) is 25.8 Å². The molecule has 8 nitrogen and oxygen atoms in total. The van der Waals surface area contributed by atoms with Crippen molar-refractivity contribution in [3.8, 4) is 22.9 Å². The van der Waals surface area contributed by atoms with E-state index in [2.05, 4.69) is 10.1 Å². The fourth-order valence-corrected chi connectivity index (χ4v) is 3.71. The van der Waals surface area contributed by atoms with E-state index in [1.807, 2.05) is 36.4 Å². The number of esters is 1. The molecule has 0 amide bonds. The standard InChI is InChI=1S/C26H22ClN3O5/c1-16(26(32)34-3)35-23-20(27)13-17(14-22(23)33-2)15-28-30-24(18-9-5-4-6-10-18)29-21-12-8-7-11-19(21)25(30)31/h4-16H,1-3H3/t16-/m1/s1. The topological polar surface area (TPSA) is 92.0 Å². The van der Waals surface area contributed by atoms with Gasteiger partial charge in [-0.25, -0.2) is 9.78 Å². The highest BCUT2D eigenvalue weighted by Crippen LogP contribution is 2.37. The van der Waals surface area contributed by atoms with E-state index in [0.717, 1.165) is 5.56 Å². The summed E-state index contributed by atoms with van der Waals surface area (Å²) in [5, 5.41) is 5.09. The van der Waals surface area contributed by atoms with Crippen molar-refractivity contribution in [1.29, 1.82) is 0 Å². The zero-order valence-corrected chi connectivity index (χ0v) is 20.0. The van der Waals surface area contributed by atoms with Crippen LogP contribution < -0.4 is 15.0 Å². The molecular formula is C26H22ClN3O5. The van der Waals surface area contributed by atoms with Crippen LogP contribution in [-0.2, 0) is 9.53 Å². The molecule has 0 saturated heterocycles. The summed E-state index contributed by atoms with van der Waals surface area (Å²) in [6, 6.07) is 19.7. The second kappa shape index (κ2) is 10.4. The van der Waals surface area contributed by atoms with Gasteiger partial charge in [0.15, 0.2) is 23.4 Å². The van der Waals surface area contributed by atoms with Gasteiger partial charge in [-0.05, 0) is 36.8 Å². The van der Waals surface area contributed by atoms with Crippen LogP contribution in [0.2, 0.25) is 5.02 Å². The van der Waals surface area contributed by atoms with E-state index in [-0.39, 0.29) is 16.3 Å². The Bertz CT molecular complexity index is 1470. The largest absolute Gasteiger partial charge is 0.493 e. The molecule has 0 aliphatic rings. The molecule has 0 radical (unpaired) electrons. The lowest BCUT2D eigenvalue weighted by Crippen LogP contribution is -2.25. The van der Waals surface area contributed by atoms with Crippen molar-refractivity contribution >= 4 is 34.7 Å². The first kappa shape index (κ1) is 24.0. The van der Waals surface area contributed by atoms with Crippen molar-refractivity contribution in [3.05, 3.63) is 87.7 Å². The van der Waals surface area contributed by atoms with Crippen molar-refractivity contribution in [3.63, 3.8) is 0 Å². The van der Waals surface area contributed by atoms with Crippen LogP contribution in [0, 0.1) is 0 Å². The SMILES string of the molecule is COC(=O)[C@@H](C)Oc1c(Cl)cc(C=Nn2c(-c3ccccc3)nc3ccccc3c2=O)cc1OC. The third-order valence-corrected chi connectivity index (χ3v) is 5.47. The number of carbonyl (C=O) groups excluding carboxylic acids is 1. The molecule has 9 heteroatoms. The Kier molecular flexibility index (Phi) is 7.12. The minimum atomic E-state index is -0.887. The predicted molar refractivity (Wildman–Crippen MR) is 135 cm³/mol. The quantitative estimate of drug-likeness (QED) is 0.278. The maximum Gasteiger partial charge on any atom is 0.346 e. The summed E-state index contributed by atoms with van der Waals surface area (Å²) < 4.78 is 17.0. The number of benzene rings is 3. The number of aromatic nitrogens is 2. The first-order chi connectivity index (χ1) is 16.9. The van der Waals surface area contributed by atoms with Crippen molar-refractivity contribution in [2.75, 3.05) is 14.2 Å². The first-order valence-corrected chi connectivity index (χ1v) is 11.0. The molecule has 3 aromatic carbocycles. The van der Waals surface area contributed by atoms with Gasteiger partial charge in [-0.15, -0.1) is 0 Å². The fraction of sp³-hybridized carbons (Fsp3) is 0.154. The molecule has 1 heterocycles. The highest BCUT2D eigenvalue weighted by Gasteiger charge is 2.20. The Balaban J connectivity index is 1.78. The van der Waals surface area contributed by atoms with Gasteiger partial charge in [0, 0.05) is 5.56 Å². The third kappa shape index (κ3) is 5.02. The van der Waals surface area contributed by atoms with Crippen LogP contribution in [0.3, 0.4) is 0 Å². The van der Waals surface area contributed by atoms with E-state index in [1.165, 1.54) is 25.1 Å². The number of rotatable bonds is 7. The van der Waals surface area contributed by atoms with Gasteiger partial charge < -0.3 is 14.2 Å². The fourth-order valence-electron chi connectivity index (χ4n) is 3.45. The van der Waals surface area contributed by atoms with Gasteiger partial charge in [0.05, 0.1) is 36.4 Å². The number of halogens is 1. The summed E-state index contributed by atoms with van der Waals surface area (Å²) in [5.41, 5.74) is 1.55. The minimum absolute atomic E-state index is 0.193. The first-order valence-electron chi connectivity index (χ1n) is 10.7. The molecule has 0 aliphatic carbocycles. The molecular weight excluding hydrogens is 470 g/mol. The third-order valence-electron chi connectivity index (χ3n) is 5.19. The average Bonchev–Trinajstić information content (AvgIpc) is 2.89. The summed E-state index contributed by atoms with van der Waals surface area (Å²) in [4.78, 5) is 29.7. The van der Waals surface area contributed by atoms with Crippen molar-refractivity contribution in [1.82, 2.24) is 9.66 Å². The Hall–Kier alpha value is -4.17. The molecule has 4 rings (SSSR count). The van der Waals surface area contributed by atoms with Gasteiger partial charge in [0.25, 0.3) is 5.56 Å². The molecule has 0 N–H and O–H groups in total.